The Balaban J connectivity index is 1.73. The van der Waals surface area contributed by atoms with Crippen LogP contribution in [-0.4, -0.2) is 53.2 Å². The highest BCUT2D eigenvalue weighted by atomic mass is 16.5. The molecule has 5 nitrogen and oxygen atoms in total. The molecule has 1 aliphatic heterocycles. The van der Waals surface area contributed by atoms with Gasteiger partial charge in [0.1, 0.15) is 5.75 Å². The smallest absolute Gasteiger partial charge is 0.195 e. The lowest BCUT2D eigenvalue weighted by Crippen LogP contribution is -2.38. The molecule has 5 heteroatoms. The third-order valence-electron chi connectivity index (χ3n) is 5.31. The zero-order valence-electron chi connectivity index (χ0n) is 15.5. The second kappa shape index (κ2) is 7.55. The molecule has 0 atom stereocenters. The van der Waals surface area contributed by atoms with Gasteiger partial charge >= 0.3 is 0 Å². The monoisotopic (exact) mass is 364 g/mol. The van der Waals surface area contributed by atoms with Gasteiger partial charge in [-0.25, -0.2) is 0 Å². The normalized spacial score (nSPS) is 15.3. The average Bonchev–Trinajstić information content (AvgIpc) is 2.97. The van der Waals surface area contributed by atoms with Crippen molar-refractivity contribution in [2.45, 2.75) is 13.5 Å². The minimum absolute atomic E-state index is 0.00572. The molecular formula is C22H24N2O3. The SMILES string of the molecule is Cc1c(C(=O)c2ccccc2)c2cc(O)ccc2n1CCN1CCOCC1. The van der Waals surface area contributed by atoms with Crippen LogP contribution < -0.4 is 0 Å². The zero-order valence-corrected chi connectivity index (χ0v) is 15.5. The molecule has 2 aromatic carbocycles. The van der Waals surface area contributed by atoms with Gasteiger partial charge in [-0.3, -0.25) is 9.69 Å². The topological polar surface area (TPSA) is 54.7 Å². The van der Waals surface area contributed by atoms with Crippen molar-refractivity contribution in [3.05, 3.63) is 65.4 Å². The van der Waals surface area contributed by atoms with Crippen molar-refractivity contribution in [1.29, 1.82) is 0 Å². The maximum Gasteiger partial charge on any atom is 0.195 e. The van der Waals surface area contributed by atoms with Crippen molar-refractivity contribution in [2.75, 3.05) is 32.8 Å². The van der Waals surface area contributed by atoms with E-state index in [0.717, 1.165) is 56.0 Å². The number of hydrogen-bond acceptors (Lipinski definition) is 4. The van der Waals surface area contributed by atoms with Crippen molar-refractivity contribution in [2.24, 2.45) is 0 Å². The van der Waals surface area contributed by atoms with Gasteiger partial charge in [-0.15, -0.1) is 0 Å². The Labute approximate surface area is 158 Å². The van der Waals surface area contributed by atoms with Gasteiger partial charge in [0, 0.05) is 48.3 Å². The zero-order chi connectivity index (χ0) is 18.8. The van der Waals surface area contributed by atoms with E-state index in [0.29, 0.717) is 11.1 Å². The minimum Gasteiger partial charge on any atom is -0.508 e. The van der Waals surface area contributed by atoms with Crippen LogP contribution in [0.3, 0.4) is 0 Å². The van der Waals surface area contributed by atoms with E-state index in [4.69, 9.17) is 4.74 Å². The summed E-state index contributed by atoms with van der Waals surface area (Å²) in [6.07, 6.45) is 0. The molecule has 0 spiro atoms. The molecule has 3 aromatic rings. The standard InChI is InChI=1S/C22H24N2O3/c1-16-21(22(26)17-5-3-2-4-6-17)19-15-18(25)7-8-20(19)24(16)10-9-23-11-13-27-14-12-23/h2-8,15,25H,9-14H2,1H3. The van der Waals surface area contributed by atoms with Crippen LogP contribution in [0.15, 0.2) is 48.5 Å². The van der Waals surface area contributed by atoms with Crippen molar-refractivity contribution in [3.8, 4) is 5.75 Å². The molecule has 1 saturated heterocycles. The van der Waals surface area contributed by atoms with E-state index < -0.39 is 0 Å². The first-order chi connectivity index (χ1) is 13.1. The van der Waals surface area contributed by atoms with Crippen molar-refractivity contribution in [3.63, 3.8) is 0 Å². The lowest BCUT2D eigenvalue weighted by Gasteiger charge is -2.27. The highest BCUT2D eigenvalue weighted by Gasteiger charge is 2.22. The van der Waals surface area contributed by atoms with Gasteiger partial charge in [0.15, 0.2) is 5.78 Å². The molecule has 0 aliphatic carbocycles. The largest absolute Gasteiger partial charge is 0.508 e. The summed E-state index contributed by atoms with van der Waals surface area (Å²) in [5, 5.41) is 10.8. The second-order valence-corrected chi connectivity index (χ2v) is 6.96. The molecule has 1 aromatic heterocycles. The summed E-state index contributed by atoms with van der Waals surface area (Å²) in [6.45, 7) is 7.13. The number of ether oxygens (including phenoxy) is 1. The minimum atomic E-state index is -0.00572. The molecule has 140 valence electrons. The molecule has 0 radical (unpaired) electrons. The molecule has 4 rings (SSSR count). The Kier molecular flexibility index (Phi) is 4.97. The van der Waals surface area contributed by atoms with E-state index >= 15 is 0 Å². The summed E-state index contributed by atoms with van der Waals surface area (Å²) in [5.41, 5.74) is 3.26. The lowest BCUT2D eigenvalue weighted by atomic mass is 10.0. The number of phenolic OH excluding ortho intramolecular Hbond substituents is 1. The van der Waals surface area contributed by atoms with Gasteiger partial charge in [-0.1, -0.05) is 30.3 Å². The first-order valence-electron chi connectivity index (χ1n) is 9.37. The van der Waals surface area contributed by atoms with Crippen LogP contribution in [0.25, 0.3) is 10.9 Å². The fourth-order valence-electron chi connectivity index (χ4n) is 3.85. The van der Waals surface area contributed by atoms with Crippen LogP contribution in [0.1, 0.15) is 21.6 Å². The predicted molar refractivity (Wildman–Crippen MR) is 105 cm³/mol. The number of rotatable bonds is 5. The Morgan fingerprint density at radius 3 is 2.56 bits per heavy atom. The van der Waals surface area contributed by atoms with Crippen molar-refractivity contribution >= 4 is 16.7 Å². The summed E-state index contributed by atoms with van der Waals surface area (Å²) in [6, 6.07) is 14.6. The molecule has 2 heterocycles. The number of morpholine rings is 1. The van der Waals surface area contributed by atoms with Crippen molar-refractivity contribution in [1.82, 2.24) is 9.47 Å². The highest BCUT2D eigenvalue weighted by molar-refractivity contribution is 6.17. The average molecular weight is 364 g/mol. The van der Waals surface area contributed by atoms with Crippen LogP contribution >= 0.6 is 0 Å². The van der Waals surface area contributed by atoms with Gasteiger partial charge in [0.25, 0.3) is 0 Å². The number of ketones is 1. The number of fused-ring (bicyclic) bond motifs is 1. The molecule has 27 heavy (non-hydrogen) atoms. The van der Waals surface area contributed by atoms with E-state index in [1.807, 2.05) is 43.3 Å². The number of carbonyl (C=O) groups is 1. The van der Waals surface area contributed by atoms with Crippen LogP contribution in [0.5, 0.6) is 5.75 Å². The molecule has 0 unspecified atom stereocenters. The quantitative estimate of drug-likeness (QED) is 0.707. The number of phenols is 1. The number of benzene rings is 2. The van der Waals surface area contributed by atoms with Gasteiger partial charge in [-0.05, 0) is 25.1 Å². The van der Waals surface area contributed by atoms with E-state index in [-0.39, 0.29) is 11.5 Å². The first kappa shape index (κ1) is 17.8. The fraction of sp³-hybridized carbons (Fsp3) is 0.318. The molecule has 1 N–H and O–H groups in total. The van der Waals surface area contributed by atoms with E-state index in [1.54, 1.807) is 12.1 Å². The van der Waals surface area contributed by atoms with Crippen LogP contribution in [0.4, 0.5) is 0 Å². The molecule has 1 aliphatic rings. The summed E-state index contributed by atoms with van der Waals surface area (Å²) >= 11 is 0. The maximum absolute atomic E-state index is 13.2. The number of carbonyl (C=O) groups excluding carboxylic acids is 1. The molecule has 1 fully saturated rings. The van der Waals surface area contributed by atoms with Gasteiger partial charge in [0.05, 0.1) is 18.8 Å². The summed E-state index contributed by atoms with van der Waals surface area (Å²) in [5.74, 6) is 0.170. The number of aromatic nitrogens is 1. The molecule has 0 amide bonds. The van der Waals surface area contributed by atoms with Gasteiger partial charge in [0.2, 0.25) is 0 Å². The van der Waals surface area contributed by atoms with Crippen LogP contribution in [-0.2, 0) is 11.3 Å². The van der Waals surface area contributed by atoms with Gasteiger partial charge in [-0.2, -0.15) is 0 Å². The third kappa shape index (κ3) is 3.48. The number of aromatic hydroxyl groups is 1. The van der Waals surface area contributed by atoms with E-state index in [9.17, 15) is 9.90 Å². The predicted octanol–water partition coefficient (Wildman–Crippen LogP) is 3.22. The Hall–Kier alpha value is -2.63. The molecule has 0 bridgehead atoms. The highest BCUT2D eigenvalue weighted by Crippen LogP contribution is 2.31. The summed E-state index contributed by atoms with van der Waals surface area (Å²) < 4.78 is 7.62. The van der Waals surface area contributed by atoms with Crippen LogP contribution in [0.2, 0.25) is 0 Å². The summed E-state index contributed by atoms with van der Waals surface area (Å²) in [4.78, 5) is 15.6. The number of nitrogens with zero attached hydrogens (tertiary/aromatic N) is 2. The summed E-state index contributed by atoms with van der Waals surface area (Å²) in [7, 11) is 0. The van der Waals surface area contributed by atoms with Crippen LogP contribution in [0, 0.1) is 6.92 Å². The van der Waals surface area contributed by atoms with Gasteiger partial charge < -0.3 is 14.4 Å². The Morgan fingerprint density at radius 2 is 1.81 bits per heavy atom. The first-order valence-corrected chi connectivity index (χ1v) is 9.37. The lowest BCUT2D eigenvalue weighted by molar-refractivity contribution is 0.0365. The Morgan fingerprint density at radius 1 is 1.07 bits per heavy atom. The maximum atomic E-state index is 13.2. The molecule has 0 saturated carbocycles. The van der Waals surface area contributed by atoms with E-state index in [2.05, 4.69) is 9.47 Å². The number of hydrogen-bond donors (Lipinski definition) is 1. The van der Waals surface area contributed by atoms with Crippen molar-refractivity contribution < 1.29 is 14.6 Å². The van der Waals surface area contributed by atoms with E-state index in [1.165, 1.54) is 0 Å². The molecular weight excluding hydrogens is 340 g/mol. The second-order valence-electron chi connectivity index (χ2n) is 6.96. The fourth-order valence-corrected chi connectivity index (χ4v) is 3.85. The third-order valence-corrected chi connectivity index (χ3v) is 5.31. The Bertz CT molecular complexity index is 957.